The van der Waals surface area contributed by atoms with Crippen molar-refractivity contribution in [2.24, 2.45) is 5.73 Å². The second kappa shape index (κ2) is 5.05. The zero-order valence-electron chi connectivity index (χ0n) is 10.5. The first-order valence-corrected chi connectivity index (χ1v) is 5.87. The summed E-state index contributed by atoms with van der Waals surface area (Å²) in [5.41, 5.74) is 5.92. The predicted molar refractivity (Wildman–Crippen MR) is 68.0 cm³/mol. The van der Waals surface area contributed by atoms with Crippen molar-refractivity contribution < 1.29 is 13.2 Å². The standard InChI is InChI=1S/C15H14F3N/c1-15(19,9-10-3-2-4-11(16)7-10)13-6-5-12(17)8-14(13)18/h2-8H,9,19H2,1H3. The summed E-state index contributed by atoms with van der Waals surface area (Å²) in [6.45, 7) is 1.63. The van der Waals surface area contributed by atoms with Gasteiger partial charge in [0, 0.05) is 17.2 Å². The lowest BCUT2D eigenvalue weighted by atomic mass is 9.86. The summed E-state index contributed by atoms with van der Waals surface area (Å²) in [6, 6.07) is 9.25. The van der Waals surface area contributed by atoms with Crippen LogP contribution in [0.25, 0.3) is 0 Å². The number of hydrogen-bond acceptors (Lipinski definition) is 1. The van der Waals surface area contributed by atoms with Gasteiger partial charge in [0.2, 0.25) is 0 Å². The molecule has 0 radical (unpaired) electrons. The Morgan fingerprint density at radius 3 is 2.32 bits per heavy atom. The maximum absolute atomic E-state index is 13.7. The zero-order chi connectivity index (χ0) is 14.0. The van der Waals surface area contributed by atoms with Gasteiger partial charge in [0.05, 0.1) is 0 Å². The van der Waals surface area contributed by atoms with E-state index in [9.17, 15) is 13.2 Å². The quantitative estimate of drug-likeness (QED) is 0.902. The molecule has 0 aliphatic rings. The van der Waals surface area contributed by atoms with Crippen molar-refractivity contribution in [1.29, 1.82) is 0 Å². The molecule has 100 valence electrons. The number of halogens is 3. The van der Waals surface area contributed by atoms with Gasteiger partial charge < -0.3 is 5.73 Å². The summed E-state index contributed by atoms with van der Waals surface area (Å²) in [5.74, 6) is -1.71. The molecule has 0 spiro atoms. The summed E-state index contributed by atoms with van der Waals surface area (Å²) in [6.07, 6.45) is 0.257. The van der Waals surface area contributed by atoms with E-state index < -0.39 is 17.2 Å². The van der Waals surface area contributed by atoms with Crippen LogP contribution in [0.4, 0.5) is 13.2 Å². The Morgan fingerprint density at radius 2 is 1.68 bits per heavy atom. The van der Waals surface area contributed by atoms with Crippen molar-refractivity contribution >= 4 is 0 Å². The average Bonchev–Trinajstić information content (AvgIpc) is 2.27. The Balaban J connectivity index is 2.31. The van der Waals surface area contributed by atoms with E-state index in [0.717, 1.165) is 12.1 Å². The summed E-state index contributed by atoms with van der Waals surface area (Å²) < 4.78 is 39.7. The highest BCUT2D eigenvalue weighted by Gasteiger charge is 2.25. The molecule has 1 nitrogen and oxygen atoms in total. The number of rotatable bonds is 3. The third-order valence-corrected chi connectivity index (χ3v) is 3.01. The van der Waals surface area contributed by atoms with Gasteiger partial charge in [-0.1, -0.05) is 18.2 Å². The van der Waals surface area contributed by atoms with Gasteiger partial charge in [-0.25, -0.2) is 13.2 Å². The molecule has 0 bridgehead atoms. The molecule has 0 aromatic heterocycles. The molecule has 0 saturated carbocycles. The molecule has 0 amide bonds. The van der Waals surface area contributed by atoms with E-state index >= 15 is 0 Å². The highest BCUT2D eigenvalue weighted by atomic mass is 19.1. The summed E-state index contributed by atoms with van der Waals surface area (Å²) >= 11 is 0. The van der Waals surface area contributed by atoms with E-state index in [4.69, 9.17) is 5.73 Å². The van der Waals surface area contributed by atoms with Crippen molar-refractivity contribution in [1.82, 2.24) is 0 Å². The van der Waals surface area contributed by atoms with Crippen LogP contribution in [-0.4, -0.2) is 0 Å². The zero-order valence-corrected chi connectivity index (χ0v) is 10.5. The van der Waals surface area contributed by atoms with E-state index in [2.05, 4.69) is 0 Å². The fraction of sp³-hybridized carbons (Fsp3) is 0.200. The van der Waals surface area contributed by atoms with Crippen LogP contribution in [0, 0.1) is 17.5 Å². The SMILES string of the molecule is CC(N)(Cc1cccc(F)c1)c1ccc(F)cc1F. The van der Waals surface area contributed by atoms with Gasteiger partial charge in [0.1, 0.15) is 17.5 Å². The summed E-state index contributed by atoms with van der Waals surface area (Å²) in [7, 11) is 0. The van der Waals surface area contributed by atoms with Crippen LogP contribution in [0.15, 0.2) is 42.5 Å². The van der Waals surface area contributed by atoms with Crippen LogP contribution in [0.3, 0.4) is 0 Å². The normalized spacial score (nSPS) is 14.2. The molecule has 0 heterocycles. The fourth-order valence-corrected chi connectivity index (χ4v) is 2.12. The van der Waals surface area contributed by atoms with Gasteiger partial charge in [-0.2, -0.15) is 0 Å². The number of hydrogen-bond donors (Lipinski definition) is 1. The Bertz CT molecular complexity index is 594. The first-order chi connectivity index (χ1) is 8.88. The molecule has 4 heteroatoms. The largest absolute Gasteiger partial charge is 0.321 e. The number of benzene rings is 2. The molecule has 0 saturated heterocycles. The van der Waals surface area contributed by atoms with Crippen LogP contribution >= 0.6 is 0 Å². The number of nitrogens with two attached hydrogens (primary N) is 1. The Labute approximate surface area is 109 Å². The van der Waals surface area contributed by atoms with Crippen molar-refractivity contribution in [2.45, 2.75) is 18.9 Å². The summed E-state index contributed by atoms with van der Waals surface area (Å²) in [4.78, 5) is 0. The first kappa shape index (κ1) is 13.6. The molecule has 0 aliphatic heterocycles. The first-order valence-electron chi connectivity index (χ1n) is 5.87. The van der Waals surface area contributed by atoms with Crippen LogP contribution < -0.4 is 5.73 Å². The van der Waals surface area contributed by atoms with Gasteiger partial charge in [-0.3, -0.25) is 0 Å². The highest BCUT2D eigenvalue weighted by molar-refractivity contribution is 5.29. The van der Waals surface area contributed by atoms with Crippen molar-refractivity contribution in [3.8, 4) is 0 Å². The molecule has 1 unspecified atom stereocenters. The lowest BCUT2D eigenvalue weighted by Crippen LogP contribution is -2.36. The molecular weight excluding hydrogens is 251 g/mol. The molecule has 1 atom stereocenters. The Hall–Kier alpha value is -1.81. The van der Waals surface area contributed by atoms with E-state index in [1.807, 2.05) is 0 Å². The van der Waals surface area contributed by atoms with E-state index in [1.54, 1.807) is 19.1 Å². The molecular formula is C15H14F3N. The predicted octanol–water partition coefficient (Wildman–Crippen LogP) is 3.52. The van der Waals surface area contributed by atoms with Crippen molar-refractivity contribution in [2.75, 3.05) is 0 Å². The minimum atomic E-state index is -1.04. The van der Waals surface area contributed by atoms with Crippen LogP contribution in [-0.2, 0) is 12.0 Å². The monoisotopic (exact) mass is 265 g/mol. The average molecular weight is 265 g/mol. The third-order valence-electron chi connectivity index (χ3n) is 3.01. The smallest absolute Gasteiger partial charge is 0.131 e. The van der Waals surface area contributed by atoms with E-state index in [-0.39, 0.29) is 17.8 Å². The van der Waals surface area contributed by atoms with E-state index in [1.165, 1.54) is 18.2 Å². The molecule has 2 aromatic carbocycles. The van der Waals surface area contributed by atoms with Gasteiger partial charge in [-0.05, 0) is 37.1 Å². The maximum atomic E-state index is 13.7. The molecule has 0 aliphatic carbocycles. The molecule has 2 N–H and O–H groups in total. The molecule has 0 fully saturated rings. The van der Waals surface area contributed by atoms with Crippen LogP contribution in [0.5, 0.6) is 0 Å². The van der Waals surface area contributed by atoms with Gasteiger partial charge in [-0.15, -0.1) is 0 Å². The maximum Gasteiger partial charge on any atom is 0.131 e. The van der Waals surface area contributed by atoms with Crippen molar-refractivity contribution in [3.05, 3.63) is 71.0 Å². The van der Waals surface area contributed by atoms with Gasteiger partial charge >= 0.3 is 0 Å². The topological polar surface area (TPSA) is 26.0 Å². The second-order valence-corrected chi connectivity index (χ2v) is 4.85. The fourth-order valence-electron chi connectivity index (χ4n) is 2.12. The molecule has 19 heavy (non-hydrogen) atoms. The minimum Gasteiger partial charge on any atom is -0.321 e. The summed E-state index contributed by atoms with van der Waals surface area (Å²) in [5, 5.41) is 0. The lowest BCUT2D eigenvalue weighted by Gasteiger charge is -2.26. The van der Waals surface area contributed by atoms with Crippen molar-refractivity contribution in [3.63, 3.8) is 0 Å². The Kier molecular flexibility index (Phi) is 3.62. The molecule has 2 aromatic rings. The highest BCUT2D eigenvalue weighted by Crippen LogP contribution is 2.26. The van der Waals surface area contributed by atoms with Gasteiger partial charge in [0.15, 0.2) is 0 Å². The Morgan fingerprint density at radius 1 is 1.00 bits per heavy atom. The second-order valence-electron chi connectivity index (χ2n) is 4.85. The van der Waals surface area contributed by atoms with Crippen LogP contribution in [0.1, 0.15) is 18.1 Å². The van der Waals surface area contributed by atoms with Gasteiger partial charge in [0.25, 0.3) is 0 Å². The van der Waals surface area contributed by atoms with Crippen LogP contribution in [0.2, 0.25) is 0 Å². The lowest BCUT2D eigenvalue weighted by molar-refractivity contribution is 0.452. The third kappa shape index (κ3) is 3.15. The van der Waals surface area contributed by atoms with E-state index in [0.29, 0.717) is 5.56 Å². The molecule has 2 rings (SSSR count). The minimum absolute atomic E-state index is 0.207.